The maximum atomic E-state index is 14.2. The Kier molecular flexibility index (Phi) is 3.87. The van der Waals surface area contributed by atoms with Crippen LogP contribution in [0.3, 0.4) is 0 Å². The molecule has 0 radical (unpaired) electrons. The Morgan fingerprint density at radius 1 is 1.40 bits per heavy atom. The third-order valence-corrected chi connectivity index (χ3v) is 4.30. The van der Waals surface area contributed by atoms with Gasteiger partial charge in [-0.15, -0.1) is 0 Å². The van der Waals surface area contributed by atoms with Crippen molar-refractivity contribution in [2.75, 3.05) is 6.54 Å². The van der Waals surface area contributed by atoms with Gasteiger partial charge in [-0.2, -0.15) is 0 Å². The van der Waals surface area contributed by atoms with Crippen LogP contribution in [0.5, 0.6) is 0 Å². The number of halogens is 2. The van der Waals surface area contributed by atoms with Crippen LogP contribution in [0.2, 0.25) is 0 Å². The van der Waals surface area contributed by atoms with E-state index in [-0.39, 0.29) is 5.82 Å². The van der Waals surface area contributed by atoms with Gasteiger partial charge in [0.05, 0.1) is 16.4 Å². The van der Waals surface area contributed by atoms with Crippen LogP contribution in [0.4, 0.5) is 4.39 Å². The van der Waals surface area contributed by atoms with Crippen LogP contribution >= 0.6 is 15.9 Å². The second-order valence-electron chi connectivity index (χ2n) is 5.97. The zero-order chi connectivity index (χ0) is 14.3. The van der Waals surface area contributed by atoms with Gasteiger partial charge in [0.1, 0.15) is 11.6 Å². The van der Waals surface area contributed by atoms with Gasteiger partial charge in [-0.1, -0.05) is 13.8 Å². The second kappa shape index (κ2) is 5.49. The summed E-state index contributed by atoms with van der Waals surface area (Å²) in [6.45, 7) is 5.95. The van der Waals surface area contributed by atoms with Crippen LogP contribution in [-0.4, -0.2) is 6.54 Å². The molecule has 0 unspecified atom stereocenters. The van der Waals surface area contributed by atoms with Gasteiger partial charge in [0.2, 0.25) is 0 Å². The van der Waals surface area contributed by atoms with Crippen molar-refractivity contribution in [3.8, 4) is 0 Å². The monoisotopic (exact) mass is 339 g/mol. The third kappa shape index (κ3) is 2.63. The molecule has 0 saturated heterocycles. The summed E-state index contributed by atoms with van der Waals surface area (Å²) in [5.74, 6) is 1.78. The van der Waals surface area contributed by atoms with E-state index in [1.165, 1.54) is 6.07 Å². The molecule has 1 heterocycles. The molecular weight excluding hydrogens is 321 g/mol. The Morgan fingerprint density at radius 3 is 2.80 bits per heavy atom. The van der Waals surface area contributed by atoms with Gasteiger partial charge in [0.15, 0.2) is 5.58 Å². The normalized spacial score (nSPS) is 15.4. The highest BCUT2D eigenvalue weighted by molar-refractivity contribution is 9.10. The highest BCUT2D eigenvalue weighted by Gasteiger charge is 2.32. The van der Waals surface area contributed by atoms with Crippen molar-refractivity contribution in [3.05, 3.63) is 33.7 Å². The van der Waals surface area contributed by atoms with Crippen LogP contribution in [0.1, 0.15) is 43.9 Å². The van der Waals surface area contributed by atoms with Crippen LogP contribution in [0, 0.1) is 11.7 Å². The number of hydrogen-bond acceptors (Lipinski definition) is 2. The standard InChI is InChI=1S/C16H19BrFNO/c1-9(2)7-19-8-13-14(10-3-4-10)15-12(18)6-5-11(17)16(15)20-13/h5-6,9-10,19H,3-4,7-8H2,1-2H3. The van der Waals surface area contributed by atoms with Crippen LogP contribution < -0.4 is 5.32 Å². The summed E-state index contributed by atoms with van der Waals surface area (Å²) in [6.07, 6.45) is 2.27. The highest BCUT2D eigenvalue weighted by atomic mass is 79.9. The molecule has 2 nitrogen and oxygen atoms in total. The number of furan rings is 1. The Balaban J connectivity index is 2.00. The third-order valence-electron chi connectivity index (χ3n) is 3.68. The summed E-state index contributed by atoms with van der Waals surface area (Å²) >= 11 is 3.46. The van der Waals surface area contributed by atoms with Gasteiger partial charge >= 0.3 is 0 Å². The minimum Gasteiger partial charge on any atom is -0.458 e. The van der Waals surface area contributed by atoms with Crippen molar-refractivity contribution in [1.82, 2.24) is 5.32 Å². The second-order valence-corrected chi connectivity index (χ2v) is 6.83. The fourth-order valence-corrected chi connectivity index (χ4v) is 3.02. The van der Waals surface area contributed by atoms with Crippen molar-refractivity contribution in [2.45, 2.75) is 39.2 Å². The number of rotatable bonds is 5. The Bertz CT molecular complexity index is 631. The summed E-state index contributed by atoms with van der Waals surface area (Å²) in [6, 6.07) is 3.22. The molecule has 1 N–H and O–H groups in total. The Morgan fingerprint density at radius 2 is 2.15 bits per heavy atom. The first-order valence-corrected chi connectivity index (χ1v) is 7.97. The van der Waals surface area contributed by atoms with E-state index < -0.39 is 0 Å². The zero-order valence-electron chi connectivity index (χ0n) is 11.8. The van der Waals surface area contributed by atoms with Gasteiger partial charge in [0.25, 0.3) is 0 Å². The number of hydrogen-bond donors (Lipinski definition) is 1. The largest absolute Gasteiger partial charge is 0.458 e. The predicted molar refractivity (Wildman–Crippen MR) is 82.4 cm³/mol. The lowest BCUT2D eigenvalue weighted by atomic mass is 10.1. The van der Waals surface area contributed by atoms with E-state index in [1.807, 2.05) is 0 Å². The zero-order valence-corrected chi connectivity index (χ0v) is 13.4. The van der Waals surface area contributed by atoms with Gasteiger partial charge in [-0.05, 0) is 59.3 Å². The van der Waals surface area contributed by atoms with Crippen molar-refractivity contribution in [1.29, 1.82) is 0 Å². The molecule has 20 heavy (non-hydrogen) atoms. The maximum absolute atomic E-state index is 14.2. The Hall–Kier alpha value is -0.870. The molecule has 1 fully saturated rings. The first kappa shape index (κ1) is 14.1. The van der Waals surface area contributed by atoms with Crippen molar-refractivity contribution in [2.24, 2.45) is 5.92 Å². The smallest absolute Gasteiger partial charge is 0.151 e. The molecule has 0 bridgehead atoms. The molecule has 1 aliphatic carbocycles. The first-order chi connectivity index (χ1) is 9.58. The number of nitrogens with one attached hydrogen (secondary N) is 1. The highest BCUT2D eigenvalue weighted by Crippen LogP contribution is 2.47. The van der Waals surface area contributed by atoms with Gasteiger partial charge in [0, 0.05) is 5.56 Å². The SMILES string of the molecule is CC(C)CNCc1oc2c(Br)ccc(F)c2c1C1CC1. The molecule has 2 aromatic rings. The minimum atomic E-state index is -0.177. The topological polar surface area (TPSA) is 25.2 Å². The van der Waals surface area contributed by atoms with Gasteiger partial charge in [-0.3, -0.25) is 0 Å². The fraction of sp³-hybridized carbons (Fsp3) is 0.500. The van der Waals surface area contributed by atoms with Crippen molar-refractivity contribution >= 4 is 26.9 Å². The van der Waals surface area contributed by atoms with E-state index in [0.717, 1.165) is 35.2 Å². The van der Waals surface area contributed by atoms with E-state index in [4.69, 9.17) is 4.42 Å². The summed E-state index contributed by atoms with van der Waals surface area (Å²) < 4.78 is 20.9. The van der Waals surface area contributed by atoms with E-state index >= 15 is 0 Å². The molecule has 108 valence electrons. The quantitative estimate of drug-likeness (QED) is 0.832. The fourth-order valence-electron chi connectivity index (χ4n) is 2.61. The van der Waals surface area contributed by atoms with E-state index in [1.54, 1.807) is 6.07 Å². The molecule has 4 heteroatoms. The molecule has 1 aromatic carbocycles. The number of benzene rings is 1. The molecule has 0 spiro atoms. The van der Waals surface area contributed by atoms with Crippen LogP contribution in [-0.2, 0) is 6.54 Å². The van der Waals surface area contributed by atoms with Gasteiger partial charge < -0.3 is 9.73 Å². The summed E-state index contributed by atoms with van der Waals surface area (Å²) in [4.78, 5) is 0. The molecule has 3 rings (SSSR count). The van der Waals surface area contributed by atoms with Crippen LogP contribution in [0.15, 0.2) is 21.0 Å². The molecule has 0 atom stereocenters. The lowest BCUT2D eigenvalue weighted by Gasteiger charge is -2.07. The van der Waals surface area contributed by atoms with E-state index in [0.29, 0.717) is 29.3 Å². The van der Waals surface area contributed by atoms with Crippen molar-refractivity contribution < 1.29 is 8.81 Å². The minimum absolute atomic E-state index is 0.177. The Labute approximate surface area is 126 Å². The maximum Gasteiger partial charge on any atom is 0.151 e. The van der Waals surface area contributed by atoms with Crippen molar-refractivity contribution in [3.63, 3.8) is 0 Å². The molecule has 1 aliphatic rings. The summed E-state index contributed by atoms with van der Waals surface area (Å²) in [7, 11) is 0. The average molecular weight is 340 g/mol. The van der Waals surface area contributed by atoms with Gasteiger partial charge in [-0.25, -0.2) is 4.39 Å². The van der Waals surface area contributed by atoms with Crippen LogP contribution in [0.25, 0.3) is 11.0 Å². The molecular formula is C16H19BrFNO. The molecule has 1 aromatic heterocycles. The first-order valence-electron chi connectivity index (χ1n) is 7.18. The van der Waals surface area contributed by atoms with E-state index in [2.05, 4.69) is 35.1 Å². The van der Waals surface area contributed by atoms with E-state index in [9.17, 15) is 4.39 Å². The summed E-state index contributed by atoms with van der Waals surface area (Å²) in [5.41, 5.74) is 1.73. The average Bonchev–Trinajstić information content (AvgIpc) is 3.15. The molecule has 0 aliphatic heterocycles. The predicted octanol–water partition coefficient (Wildman–Crippen LogP) is 4.96. The lowest BCUT2D eigenvalue weighted by Crippen LogP contribution is -2.19. The number of fused-ring (bicyclic) bond motifs is 1. The summed E-state index contributed by atoms with van der Waals surface area (Å²) in [5, 5.41) is 4.06. The lowest BCUT2D eigenvalue weighted by molar-refractivity contribution is 0.480. The molecule has 1 saturated carbocycles. The molecule has 0 amide bonds.